The summed E-state index contributed by atoms with van der Waals surface area (Å²) in [7, 11) is 1.39. The molecule has 5 atom stereocenters. The van der Waals surface area contributed by atoms with Gasteiger partial charge in [0.1, 0.15) is 40.5 Å². The first kappa shape index (κ1) is 68.2. The summed E-state index contributed by atoms with van der Waals surface area (Å²) in [5, 5.41) is 32.9. The van der Waals surface area contributed by atoms with Gasteiger partial charge in [0.25, 0.3) is 5.91 Å². The number of aromatic hydroxyl groups is 1. The van der Waals surface area contributed by atoms with Gasteiger partial charge >= 0.3 is 6.01 Å². The molecule has 3 amide bonds. The fourth-order valence-electron chi connectivity index (χ4n) is 13.2. The number of hydrogen-bond donors (Lipinski definition) is 4. The topological polar surface area (TPSA) is 216 Å². The lowest BCUT2D eigenvalue weighted by Crippen LogP contribution is -2.49. The summed E-state index contributed by atoms with van der Waals surface area (Å²) in [5.74, 6) is -2.81. The summed E-state index contributed by atoms with van der Waals surface area (Å²) in [6, 6.07) is 25.1. The fraction of sp³-hybridized carbons (Fsp3) is 0.457. The first-order chi connectivity index (χ1) is 44.8. The smallest absolute Gasteiger partial charge is 0.318 e. The highest BCUT2D eigenvalue weighted by atomic mass is 35.5. The minimum absolute atomic E-state index is 0.0364. The molecule has 0 aliphatic carbocycles. The minimum Gasteiger partial charge on any atom is -0.508 e. The number of amides is 3. The zero-order valence-corrected chi connectivity index (χ0v) is 54.8. The van der Waals surface area contributed by atoms with Crippen LogP contribution in [0.2, 0.25) is 10.0 Å². The third kappa shape index (κ3) is 16.1. The van der Waals surface area contributed by atoms with Crippen molar-refractivity contribution in [3.63, 3.8) is 0 Å². The van der Waals surface area contributed by atoms with Gasteiger partial charge in [-0.2, -0.15) is 15.2 Å². The van der Waals surface area contributed by atoms with Crippen molar-refractivity contribution in [2.24, 2.45) is 5.41 Å². The van der Waals surface area contributed by atoms with Crippen molar-refractivity contribution in [3.05, 3.63) is 153 Å². The molecule has 6 aromatic rings. The Balaban J connectivity index is 0.653. The van der Waals surface area contributed by atoms with Gasteiger partial charge in [-0.05, 0) is 104 Å². The number of halogens is 4. The van der Waals surface area contributed by atoms with E-state index in [4.69, 9.17) is 56.9 Å². The second-order valence-electron chi connectivity index (χ2n) is 25.3. The van der Waals surface area contributed by atoms with Crippen molar-refractivity contribution in [3.8, 4) is 23.6 Å². The molecule has 0 spiro atoms. The van der Waals surface area contributed by atoms with Crippen molar-refractivity contribution < 1.29 is 52.0 Å². The molecule has 0 saturated carbocycles. The number of carbonyl (C=O) groups is 3. The van der Waals surface area contributed by atoms with E-state index in [9.17, 15) is 24.8 Å². The zero-order chi connectivity index (χ0) is 66.0. The second-order valence-corrected chi connectivity index (χ2v) is 26.2. The van der Waals surface area contributed by atoms with Gasteiger partial charge in [0.2, 0.25) is 11.8 Å². The van der Waals surface area contributed by atoms with Crippen LogP contribution >= 0.6 is 23.2 Å². The number of piperidine rings is 1. The fourth-order valence-corrected chi connectivity index (χ4v) is 13.6. The summed E-state index contributed by atoms with van der Waals surface area (Å²) in [6.07, 6.45) is 4.59. The highest BCUT2D eigenvalue weighted by molar-refractivity contribution is 6.31. The number of methoxy groups -OCH3 is 1. The van der Waals surface area contributed by atoms with Crippen molar-refractivity contribution in [2.45, 2.75) is 102 Å². The van der Waals surface area contributed by atoms with Crippen LogP contribution in [0.4, 0.5) is 26.0 Å². The lowest BCUT2D eigenvalue weighted by Gasteiger charge is -2.38. The molecule has 3 fully saturated rings. The second kappa shape index (κ2) is 30.6. The Morgan fingerprint density at radius 3 is 2.39 bits per heavy atom. The van der Waals surface area contributed by atoms with Gasteiger partial charge in [0.05, 0.1) is 81.3 Å². The highest BCUT2D eigenvalue weighted by Gasteiger charge is 2.61. The van der Waals surface area contributed by atoms with E-state index in [1.54, 1.807) is 6.07 Å². The SMILES string of the molecule is C=CC(=O)N1CCN(c2nc(O[C@H](C)CN3CCC(OCCOCCOCCNC(=O)c4ccc(NC(=O)C5N[C@@H](CCC(C)(C)C)[C@](C#N)(c6ccc(Cl)cc6F)[C@H]5c5cccc(Cl)c5F)c(OC)c4)CC3)nc3c2CCN(c2cc(O)cc4ccccc24)C3)CC1. The Labute approximate surface area is 552 Å². The monoisotopic (exact) mass is 1310 g/mol. The van der Waals surface area contributed by atoms with E-state index in [1.807, 2.05) is 56.9 Å². The van der Waals surface area contributed by atoms with Crippen LogP contribution in [0.5, 0.6) is 17.5 Å². The van der Waals surface area contributed by atoms with Gasteiger partial charge in [0, 0.05) is 110 Å². The third-order valence-electron chi connectivity index (χ3n) is 17.9. The number of aromatic nitrogens is 2. The molecule has 1 aromatic heterocycles. The van der Waals surface area contributed by atoms with Crippen molar-refractivity contribution in [1.82, 2.24) is 30.4 Å². The van der Waals surface area contributed by atoms with E-state index in [1.165, 1.54) is 61.7 Å². The maximum absolute atomic E-state index is 16.3. The average molecular weight is 1320 g/mol. The number of nitrogens with one attached hydrogen (secondary N) is 3. The van der Waals surface area contributed by atoms with Gasteiger partial charge in [-0.1, -0.05) is 93.0 Å². The summed E-state index contributed by atoms with van der Waals surface area (Å²) in [5.41, 5.74) is 1.25. The maximum Gasteiger partial charge on any atom is 0.318 e. The molecule has 5 aromatic carbocycles. The molecule has 0 radical (unpaired) electrons. The predicted molar refractivity (Wildman–Crippen MR) is 355 cm³/mol. The number of nitriles is 1. The van der Waals surface area contributed by atoms with Gasteiger partial charge < -0.3 is 59.4 Å². The molecule has 23 heteroatoms. The molecule has 93 heavy (non-hydrogen) atoms. The van der Waals surface area contributed by atoms with Crippen LogP contribution in [0.25, 0.3) is 10.8 Å². The number of phenolic OH excluding ortho intramolecular Hbond substituents is 1. The Morgan fingerprint density at radius 2 is 1.66 bits per heavy atom. The first-order valence-electron chi connectivity index (χ1n) is 31.8. The number of piperazine rings is 1. The van der Waals surface area contributed by atoms with Crippen LogP contribution in [0.3, 0.4) is 0 Å². The van der Waals surface area contributed by atoms with E-state index in [-0.39, 0.29) is 80.6 Å². The van der Waals surface area contributed by atoms with Crippen LogP contribution < -0.4 is 35.2 Å². The molecule has 19 nitrogen and oxygen atoms in total. The summed E-state index contributed by atoms with van der Waals surface area (Å²) >= 11 is 12.5. The number of benzene rings is 5. The molecular formula is C70H82Cl2F2N10O9. The van der Waals surface area contributed by atoms with E-state index in [0.29, 0.717) is 91.0 Å². The van der Waals surface area contributed by atoms with Gasteiger partial charge in [-0.15, -0.1) is 0 Å². The molecule has 10 rings (SSSR count). The minimum atomic E-state index is -1.81. The number of hydrogen-bond acceptors (Lipinski definition) is 16. The molecule has 3 saturated heterocycles. The van der Waals surface area contributed by atoms with Gasteiger partial charge in [0.15, 0.2) is 0 Å². The number of likely N-dealkylation sites (tertiary alicyclic amines) is 1. The standard InChI is InChI=1S/C70H82Cl2F2N10O9/c1-7-61(86)82-28-30-83(31-29-82)65-51-22-27-84(58-40-48(85)37-45-11-8-9-12-50(45)58)42-57(51)78-68(80-65)93-44(2)41-81-25-20-49(21-26-81)92-36-35-91-34-33-90-32-24-76-66(87)46-15-18-56(59(38-46)89-6)77-67(88)64-62(52-13-10-14-54(72)63(52)74)70(43-75,53-17-16-47(71)39-55(53)73)60(79-64)19-23-69(3,4)5/h7-18,37-40,44,49,60,62,64,79,85H,1,19-36,41-42H2,2-6H3,(H,76,87)(H,77,88)/t44-,60+,62+,64?,70+/m1/s1. The quantitative estimate of drug-likeness (QED) is 0.0310. The molecule has 1 unspecified atom stereocenters. The lowest BCUT2D eigenvalue weighted by atomic mass is 9.63. The van der Waals surface area contributed by atoms with Crippen LogP contribution in [0, 0.1) is 28.4 Å². The summed E-state index contributed by atoms with van der Waals surface area (Å²) < 4.78 is 62.4. The predicted octanol–water partition coefficient (Wildman–Crippen LogP) is 10.4. The summed E-state index contributed by atoms with van der Waals surface area (Å²) in [6.45, 7) is 19.7. The average Bonchev–Trinajstić information content (AvgIpc) is 1.59. The number of carbonyl (C=O) groups excluding carboxylic acids is 3. The Bertz CT molecular complexity index is 3710. The van der Waals surface area contributed by atoms with Crippen molar-refractivity contribution in [2.75, 3.05) is 114 Å². The van der Waals surface area contributed by atoms with Crippen molar-refractivity contribution in [1.29, 1.82) is 5.26 Å². The van der Waals surface area contributed by atoms with E-state index in [2.05, 4.69) is 49.4 Å². The van der Waals surface area contributed by atoms with E-state index >= 15 is 8.78 Å². The molecule has 4 N–H and O–H groups in total. The molecule has 5 heterocycles. The Morgan fingerprint density at radius 1 is 0.903 bits per heavy atom. The zero-order valence-electron chi connectivity index (χ0n) is 53.3. The Kier molecular flexibility index (Phi) is 22.4. The molecule has 4 aliphatic heterocycles. The third-order valence-corrected chi connectivity index (χ3v) is 18.4. The lowest BCUT2D eigenvalue weighted by molar-refractivity contribution is -0.126. The van der Waals surface area contributed by atoms with Crippen LogP contribution in [0.1, 0.15) is 92.0 Å². The highest BCUT2D eigenvalue weighted by Crippen LogP contribution is 2.52. The largest absolute Gasteiger partial charge is 0.508 e. The molecular weight excluding hydrogens is 1230 g/mol. The van der Waals surface area contributed by atoms with Crippen LogP contribution in [-0.4, -0.2) is 166 Å². The number of phenols is 1. The molecule has 0 bridgehead atoms. The number of anilines is 3. The normalized spacial score (nSPS) is 19.8. The van der Waals surface area contributed by atoms with Crippen LogP contribution in [0.15, 0.2) is 104 Å². The number of nitrogens with zero attached hydrogens (tertiary/aromatic N) is 7. The van der Waals surface area contributed by atoms with Gasteiger partial charge in [-0.25, -0.2) is 8.78 Å². The van der Waals surface area contributed by atoms with Crippen LogP contribution in [-0.2, 0) is 42.2 Å². The Hall–Kier alpha value is -7.68. The van der Waals surface area contributed by atoms with Crippen molar-refractivity contribution >= 4 is 68.9 Å². The van der Waals surface area contributed by atoms with Gasteiger partial charge in [-0.3, -0.25) is 19.3 Å². The summed E-state index contributed by atoms with van der Waals surface area (Å²) in [4.78, 5) is 59.2. The van der Waals surface area contributed by atoms with E-state index in [0.717, 1.165) is 72.1 Å². The van der Waals surface area contributed by atoms with E-state index < -0.39 is 46.9 Å². The number of rotatable bonds is 25. The molecule has 4 aliphatic rings. The maximum atomic E-state index is 16.3. The first-order valence-corrected chi connectivity index (χ1v) is 32.6. The number of fused-ring (bicyclic) bond motifs is 2. The number of ether oxygens (including phenoxy) is 5. The molecule has 494 valence electrons.